The number of carbonyl (C=O) groups excluding carboxylic acids is 3. The summed E-state index contributed by atoms with van der Waals surface area (Å²) in [5.41, 5.74) is 1.57. The fourth-order valence-electron chi connectivity index (χ4n) is 3.12. The molecule has 1 aromatic carbocycles. The van der Waals surface area contributed by atoms with E-state index in [2.05, 4.69) is 15.6 Å². The van der Waals surface area contributed by atoms with Gasteiger partial charge in [0, 0.05) is 36.6 Å². The van der Waals surface area contributed by atoms with Gasteiger partial charge in [0.05, 0.1) is 5.56 Å². The first-order chi connectivity index (χ1) is 14.1. The first-order valence-corrected chi connectivity index (χ1v) is 9.68. The third kappa shape index (κ3) is 4.90. The van der Waals surface area contributed by atoms with E-state index < -0.39 is 18.5 Å². The number of nitrogens with one attached hydrogen (secondary N) is 2. The summed E-state index contributed by atoms with van der Waals surface area (Å²) in [7, 11) is 0. The number of carbonyl (C=O) groups is 3. The minimum absolute atomic E-state index is 0.0781. The van der Waals surface area contributed by atoms with E-state index in [-0.39, 0.29) is 11.5 Å². The molecule has 1 saturated heterocycles. The molecule has 0 atom stereocenters. The molecule has 29 heavy (non-hydrogen) atoms. The highest BCUT2D eigenvalue weighted by atomic mass is 16.5. The molecular weight excluding hydrogens is 372 g/mol. The van der Waals surface area contributed by atoms with E-state index in [1.165, 1.54) is 6.20 Å². The van der Waals surface area contributed by atoms with Gasteiger partial charge in [0.25, 0.3) is 5.91 Å². The van der Waals surface area contributed by atoms with Crippen LogP contribution in [0.4, 0.5) is 17.2 Å². The van der Waals surface area contributed by atoms with Gasteiger partial charge < -0.3 is 20.3 Å². The second-order valence-electron chi connectivity index (χ2n) is 7.17. The second-order valence-corrected chi connectivity index (χ2v) is 7.17. The molecule has 4 rings (SSSR count). The van der Waals surface area contributed by atoms with Gasteiger partial charge >= 0.3 is 5.97 Å². The molecule has 0 unspecified atom stereocenters. The van der Waals surface area contributed by atoms with Gasteiger partial charge in [0.2, 0.25) is 5.91 Å². The van der Waals surface area contributed by atoms with Crippen LogP contribution in [0, 0.1) is 0 Å². The number of esters is 1. The lowest BCUT2D eigenvalue weighted by atomic mass is 10.2. The molecule has 1 aliphatic heterocycles. The lowest BCUT2D eigenvalue weighted by Crippen LogP contribution is -2.24. The molecule has 1 aliphatic carbocycles. The molecule has 8 nitrogen and oxygen atoms in total. The summed E-state index contributed by atoms with van der Waals surface area (Å²) in [5.74, 6) is -0.266. The fraction of sp³-hybridized carbons (Fsp3) is 0.333. The Kier molecular flexibility index (Phi) is 5.41. The zero-order valence-corrected chi connectivity index (χ0v) is 15.9. The standard InChI is InChI=1S/C21H22N4O4/c26-19(24-16-3-1-4-17(11-16)25-10-2-5-20(25)27)13-29-21(28)14-6-9-18(22-12-14)23-15-7-8-15/h1,3-4,6,9,11-12,15H,2,5,7-8,10,13H2,(H,22,23)(H,24,26). The van der Waals surface area contributed by atoms with Crippen LogP contribution in [0.15, 0.2) is 42.6 Å². The van der Waals surface area contributed by atoms with Crippen molar-refractivity contribution in [2.45, 2.75) is 31.7 Å². The summed E-state index contributed by atoms with van der Waals surface area (Å²) in [5, 5.41) is 5.92. The lowest BCUT2D eigenvalue weighted by molar-refractivity contribution is -0.119. The zero-order chi connectivity index (χ0) is 20.2. The number of hydrogen-bond donors (Lipinski definition) is 2. The summed E-state index contributed by atoms with van der Waals surface area (Å²) in [6.07, 6.45) is 5.08. The summed E-state index contributed by atoms with van der Waals surface area (Å²) in [6.45, 7) is 0.268. The second kappa shape index (κ2) is 8.30. The third-order valence-electron chi connectivity index (χ3n) is 4.78. The smallest absolute Gasteiger partial charge is 0.340 e. The van der Waals surface area contributed by atoms with Crippen molar-refractivity contribution in [3.63, 3.8) is 0 Å². The predicted octanol–water partition coefficient (Wildman–Crippen LogP) is 2.58. The number of pyridine rings is 1. The van der Waals surface area contributed by atoms with E-state index in [4.69, 9.17) is 4.74 Å². The first kappa shape index (κ1) is 18.9. The predicted molar refractivity (Wildman–Crippen MR) is 108 cm³/mol. The lowest BCUT2D eigenvalue weighted by Gasteiger charge is -2.16. The molecule has 1 saturated carbocycles. The molecule has 150 valence electrons. The van der Waals surface area contributed by atoms with Crippen molar-refractivity contribution in [1.29, 1.82) is 0 Å². The fourth-order valence-corrected chi connectivity index (χ4v) is 3.12. The molecule has 8 heteroatoms. The maximum atomic E-state index is 12.1. The molecule has 0 spiro atoms. The van der Waals surface area contributed by atoms with Crippen molar-refractivity contribution in [1.82, 2.24) is 4.98 Å². The summed E-state index contributed by atoms with van der Waals surface area (Å²) in [6, 6.07) is 10.9. The molecule has 2 aromatic rings. The Bertz CT molecular complexity index is 925. The molecule has 2 fully saturated rings. The van der Waals surface area contributed by atoms with Gasteiger partial charge in [-0.2, -0.15) is 0 Å². The molecule has 0 bridgehead atoms. The Morgan fingerprint density at radius 2 is 2.07 bits per heavy atom. The van der Waals surface area contributed by atoms with Crippen molar-refractivity contribution in [2.24, 2.45) is 0 Å². The highest BCUT2D eigenvalue weighted by molar-refractivity contribution is 5.98. The van der Waals surface area contributed by atoms with E-state index >= 15 is 0 Å². The van der Waals surface area contributed by atoms with Gasteiger partial charge in [-0.1, -0.05) is 6.07 Å². The number of ether oxygens (including phenoxy) is 1. The monoisotopic (exact) mass is 394 g/mol. The van der Waals surface area contributed by atoms with Crippen molar-refractivity contribution in [3.8, 4) is 0 Å². The number of amides is 2. The molecule has 2 amide bonds. The van der Waals surface area contributed by atoms with Gasteiger partial charge in [-0.25, -0.2) is 9.78 Å². The van der Waals surface area contributed by atoms with Crippen LogP contribution < -0.4 is 15.5 Å². The number of nitrogens with zero attached hydrogens (tertiary/aromatic N) is 2. The van der Waals surface area contributed by atoms with Crippen LogP contribution in [-0.2, 0) is 14.3 Å². The van der Waals surface area contributed by atoms with Crippen LogP contribution in [-0.4, -0.2) is 42.0 Å². The average Bonchev–Trinajstić information content (AvgIpc) is 3.44. The Hall–Kier alpha value is -3.42. The molecule has 2 heterocycles. The van der Waals surface area contributed by atoms with Gasteiger partial charge in [-0.15, -0.1) is 0 Å². The maximum absolute atomic E-state index is 12.1. The molecule has 1 aromatic heterocycles. The van der Waals surface area contributed by atoms with Gasteiger partial charge in [0.15, 0.2) is 6.61 Å². The quantitative estimate of drug-likeness (QED) is 0.700. The van der Waals surface area contributed by atoms with E-state index in [1.807, 2.05) is 6.07 Å². The third-order valence-corrected chi connectivity index (χ3v) is 4.78. The number of aromatic nitrogens is 1. The highest BCUT2D eigenvalue weighted by Gasteiger charge is 2.22. The summed E-state index contributed by atoms with van der Waals surface area (Å²) < 4.78 is 5.07. The molecule has 0 radical (unpaired) electrons. The van der Waals surface area contributed by atoms with Gasteiger partial charge in [0.1, 0.15) is 5.82 Å². The Labute approximate surface area is 168 Å². The minimum Gasteiger partial charge on any atom is -0.452 e. The SMILES string of the molecule is O=C(COC(=O)c1ccc(NC2CC2)nc1)Nc1cccc(N2CCCC2=O)c1. The van der Waals surface area contributed by atoms with Crippen LogP contribution in [0.25, 0.3) is 0 Å². The maximum Gasteiger partial charge on any atom is 0.340 e. The number of rotatable bonds is 7. The number of benzene rings is 1. The number of hydrogen-bond acceptors (Lipinski definition) is 6. The molecular formula is C21H22N4O4. The van der Waals surface area contributed by atoms with Gasteiger partial charge in [-0.3, -0.25) is 9.59 Å². The van der Waals surface area contributed by atoms with Crippen LogP contribution in [0.5, 0.6) is 0 Å². The Morgan fingerprint density at radius 1 is 1.21 bits per heavy atom. The average molecular weight is 394 g/mol. The Morgan fingerprint density at radius 3 is 2.76 bits per heavy atom. The summed E-state index contributed by atoms with van der Waals surface area (Å²) in [4.78, 5) is 42.0. The van der Waals surface area contributed by atoms with Gasteiger partial charge in [-0.05, 0) is 49.6 Å². The normalized spacial score (nSPS) is 15.9. The van der Waals surface area contributed by atoms with Crippen molar-refractivity contribution >= 4 is 35.0 Å². The molecule has 2 aliphatic rings. The largest absolute Gasteiger partial charge is 0.452 e. The van der Waals surface area contributed by atoms with E-state index in [9.17, 15) is 14.4 Å². The van der Waals surface area contributed by atoms with Crippen LogP contribution in [0.3, 0.4) is 0 Å². The highest BCUT2D eigenvalue weighted by Crippen LogP contribution is 2.25. The first-order valence-electron chi connectivity index (χ1n) is 9.68. The topological polar surface area (TPSA) is 101 Å². The van der Waals surface area contributed by atoms with Crippen LogP contribution in [0.1, 0.15) is 36.0 Å². The Balaban J connectivity index is 1.28. The number of anilines is 3. The van der Waals surface area contributed by atoms with Crippen molar-refractivity contribution < 1.29 is 19.1 Å². The molecule has 2 N–H and O–H groups in total. The van der Waals surface area contributed by atoms with E-state index in [0.29, 0.717) is 24.7 Å². The van der Waals surface area contributed by atoms with E-state index in [0.717, 1.165) is 30.8 Å². The van der Waals surface area contributed by atoms with Crippen LogP contribution >= 0.6 is 0 Å². The van der Waals surface area contributed by atoms with Crippen molar-refractivity contribution in [3.05, 3.63) is 48.2 Å². The zero-order valence-electron chi connectivity index (χ0n) is 15.9. The summed E-state index contributed by atoms with van der Waals surface area (Å²) >= 11 is 0. The van der Waals surface area contributed by atoms with Crippen LogP contribution in [0.2, 0.25) is 0 Å². The van der Waals surface area contributed by atoms with E-state index in [1.54, 1.807) is 35.2 Å². The minimum atomic E-state index is -0.609. The van der Waals surface area contributed by atoms with Crippen molar-refractivity contribution in [2.75, 3.05) is 28.7 Å².